The normalized spacial score (nSPS) is 10.6. The zero-order valence-electron chi connectivity index (χ0n) is 13.0. The lowest BCUT2D eigenvalue weighted by molar-refractivity contribution is -0.131. The number of rotatable bonds is 4. The molecule has 0 aliphatic rings. The van der Waals surface area contributed by atoms with Crippen LogP contribution in [0.2, 0.25) is 0 Å². The van der Waals surface area contributed by atoms with Crippen molar-refractivity contribution >= 4 is 23.0 Å². The third-order valence-electron chi connectivity index (χ3n) is 3.39. The maximum atomic E-state index is 11.2. The van der Waals surface area contributed by atoms with Crippen molar-refractivity contribution in [2.75, 3.05) is 12.4 Å². The highest BCUT2D eigenvalue weighted by molar-refractivity contribution is 5.80. The number of nitrogens with one attached hydrogen (secondary N) is 1. The quantitative estimate of drug-likeness (QED) is 0.746. The number of esters is 1. The Morgan fingerprint density at radius 2 is 2.00 bits per heavy atom. The van der Waals surface area contributed by atoms with Crippen molar-refractivity contribution in [3.63, 3.8) is 0 Å². The predicted octanol–water partition coefficient (Wildman–Crippen LogP) is 2.72. The number of fused-ring (bicyclic) bond motifs is 1. The lowest BCUT2D eigenvalue weighted by Gasteiger charge is -2.08. The van der Waals surface area contributed by atoms with Crippen molar-refractivity contribution in [3.8, 4) is 11.5 Å². The molecule has 2 heterocycles. The molecule has 0 saturated carbocycles. The molecule has 0 amide bonds. The summed E-state index contributed by atoms with van der Waals surface area (Å²) in [6.07, 6.45) is 3.10. The van der Waals surface area contributed by atoms with Gasteiger partial charge in [-0.25, -0.2) is 9.50 Å². The molecule has 7 nitrogen and oxygen atoms in total. The molecule has 0 bridgehead atoms. The molecule has 23 heavy (non-hydrogen) atoms. The highest BCUT2D eigenvalue weighted by Crippen LogP contribution is 2.30. The predicted molar refractivity (Wildman–Crippen MR) is 85.3 cm³/mol. The number of anilines is 2. The summed E-state index contributed by atoms with van der Waals surface area (Å²) in [4.78, 5) is 15.5. The molecule has 1 N–H and O–H groups in total. The summed E-state index contributed by atoms with van der Waals surface area (Å²) in [7, 11) is 1.62. The summed E-state index contributed by atoms with van der Waals surface area (Å²) >= 11 is 0. The summed E-state index contributed by atoms with van der Waals surface area (Å²) in [5.74, 6) is 1.50. The van der Waals surface area contributed by atoms with Gasteiger partial charge in [0, 0.05) is 18.2 Å². The van der Waals surface area contributed by atoms with Crippen LogP contribution in [0.25, 0.3) is 5.52 Å². The van der Waals surface area contributed by atoms with Gasteiger partial charge in [-0.2, -0.15) is 5.10 Å². The Bertz CT molecular complexity index is 856. The second-order valence-electron chi connectivity index (χ2n) is 4.97. The number of hydrogen-bond donors (Lipinski definition) is 1. The molecule has 0 unspecified atom stereocenters. The van der Waals surface area contributed by atoms with Crippen LogP contribution in [0.3, 0.4) is 0 Å². The van der Waals surface area contributed by atoms with E-state index >= 15 is 0 Å². The van der Waals surface area contributed by atoms with Crippen LogP contribution >= 0.6 is 0 Å². The highest BCUT2D eigenvalue weighted by Gasteiger charge is 2.15. The van der Waals surface area contributed by atoms with Gasteiger partial charge in [-0.05, 0) is 31.2 Å². The van der Waals surface area contributed by atoms with Crippen molar-refractivity contribution < 1.29 is 14.3 Å². The van der Waals surface area contributed by atoms with Gasteiger partial charge >= 0.3 is 5.97 Å². The van der Waals surface area contributed by atoms with Gasteiger partial charge in [0.2, 0.25) is 0 Å². The number of ether oxygens (including phenoxy) is 2. The third-order valence-corrected chi connectivity index (χ3v) is 3.39. The summed E-state index contributed by atoms with van der Waals surface area (Å²) in [5, 5.41) is 7.39. The Balaban J connectivity index is 1.99. The van der Waals surface area contributed by atoms with E-state index in [1.165, 1.54) is 13.3 Å². The molecular weight excluding hydrogens is 296 g/mol. The van der Waals surface area contributed by atoms with Gasteiger partial charge in [0.15, 0.2) is 11.6 Å². The standard InChI is InChI=1S/C16H16N4O3/c1-10-14(23-11(2)21)8-20-15(10)16(17-9-18-20)19-12-4-6-13(22-3)7-5-12/h4-9H,1-3H3,(H,17,18,19). The number of benzene rings is 1. The van der Waals surface area contributed by atoms with Crippen LogP contribution < -0.4 is 14.8 Å². The van der Waals surface area contributed by atoms with Gasteiger partial charge in [-0.15, -0.1) is 0 Å². The van der Waals surface area contributed by atoms with Crippen molar-refractivity contribution in [1.82, 2.24) is 14.6 Å². The second-order valence-corrected chi connectivity index (χ2v) is 4.97. The molecule has 7 heteroatoms. The van der Waals surface area contributed by atoms with Crippen LogP contribution in [0.4, 0.5) is 11.5 Å². The third kappa shape index (κ3) is 2.94. The average Bonchev–Trinajstić information content (AvgIpc) is 2.85. The van der Waals surface area contributed by atoms with Crippen LogP contribution in [0.15, 0.2) is 36.8 Å². The fraction of sp³-hybridized carbons (Fsp3) is 0.188. The van der Waals surface area contributed by atoms with Crippen molar-refractivity contribution in [3.05, 3.63) is 42.4 Å². The molecule has 2 aromatic heterocycles. The first-order valence-electron chi connectivity index (χ1n) is 7.01. The second kappa shape index (κ2) is 5.96. The number of aryl methyl sites for hydroxylation is 1. The average molecular weight is 312 g/mol. The molecule has 0 aliphatic carbocycles. The van der Waals surface area contributed by atoms with Crippen LogP contribution in [-0.2, 0) is 4.79 Å². The molecule has 0 atom stereocenters. The smallest absolute Gasteiger partial charge is 0.308 e. The van der Waals surface area contributed by atoms with Gasteiger partial charge < -0.3 is 14.8 Å². The number of carbonyl (C=O) groups is 1. The van der Waals surface area contributed by atoms with E-state index in [0.717, 1.165) is 22.5 Å². The fourth-order valence-corrected chi connectivity index (χ4v) is 2.30. The SMILES string of the molecule is COc1ccc(Nc2ncnn3cc(OC(C)=O)c(C)c23)cc1. The molecule has 3 rings (SSSR count). The molecule has 0 spiro atoms. The van der Waals surface area contributed by atoms with Crippen molar-refractivity contribution in [1.29, 1.82) is 0 Å². The van der Waals surface area contributed by atoms with Crippen LogP contribution in [0, 0.1) is 6.92 Å². The molecular formula is C16H16N4O3. The molecule has 0 fully saturated rings. The Morgan fingerprint density at radius 1 is 1.26 bits per heavy atom. The zero-order valence-corrected chi connectivity index (χ0v) is 13.0. The van der Waals surface area contributed by atoms with E-state index in [4.69, 9.17) is 9.47 Å². The maximum absolute atomic E-state index is 11.2. The molecule has 0 aliphatic heterocycles. The summed E-state index contributed by atoms with van der Waals surface area (Å²) < 4.78 is 12.0. The van der Waals surface area contributed by atoms with E-state index < -0.39 is 0 Å². The number of nitrogens with zero attached hydrogens (tertiary/aromatic N) is 3. The van der Waals surface area contributed by atoms with E-state index in [9.17, 15) is 4.79 Å². The summed E-state index contributed by atoms with van der Waals surface area (Å²) in [5.41, 5.74) is 2.40. The zero-order chi connectivity index (χ0) is 16.4. The fourth-order valence-electron chi connectivity index (χ4n) is 2.30. The first kappa shape index (κ1) is 14.8. The number of methoxy groups -OCH3 is 1. The highest BCUT2D eigenvalue weighted by atomic mass is 16.5. The van der Waals surface area contributed by atoms with Crippen LogP contribution in [0.1, 0.15) is 12.5 Å². The largest absolute Gasteiger partial charge is 0.497 e. The number of aromatic nitrogens is 3. The van der Waals surface area contributed by atoms with E-state index in [1.807, 2.05) is 31.2 Å². The van der Waals surface area contributed by atoms with Gasteiger partial charge in [0.1, 0.15) is 17.6 Å². The topological polar surface area (TPSA) is 77.8 Å². The molecule has 0 saturated heterocycles. The molecule has 118 valence electrons. The Labute approximate surface area is 132 Å². The van der Waals surface area contributed by atoms with Gasteiger partial charge in [-0.3, -0.25) is 4.79 Å². The minimum absolute atomic E-state index is 0.373. The van der Waals surface area contributed by atoms with Gasteiger partial charge in [0.05, 0.1) is 13.3 Å². The van der Waals surface area contributed by atoms with Gasteiger partial charge in [0.25, 0.3) is 0 Å². The monoisotopic (exact) mass is 312 g/mol. The first-order chi connectivity index (χ1) is 11.1. The minimum Gasteiger partial charge on any atom is -0.497 e. The number of hydrogen-bond acceptors (Lipinski definition) is 6. The van der Waals surface area contributed by atoms with Crippen molar-refractivity contribution in [2.24, 2.45) is 0 Å². The van der Waals surface area contributed by atoms with Crippen molar-refractivity contribution in [2.45, 2.75) is 13.8 Å². The molecule has 3 aromatic rings. The molecule has 0 radical (unpaired) electrons. The Kier molecular flexibility index (Phi) is 3.84. The van der Waals surface area contributed by atoms with E-state index in [2.05, 4.69) is 15.4 Å². The van der Waals surface area contributed by atoms with Crippen LogP contribution in [0.5, 0.6) is 11.5 Å². The Hall–Kier alpha value is -3.09. The Morgan fingerprint density at radius 3 is 2.65 bits per heavy atom. The molecule has 1 aromatic carbocycles. The van der Waals surface area contributed by atoms with E-state index in [-0.39, 0.29) is 5.97 Å². The lowest BCUT2D eigenvalue weighted by Crippen LogP contribution is -2.01. The van der Waals surface area contributed by atoms with E-state index in [1.54, 1.807) is 17.8 Å². The van der Waals surface area contributed by atoms with Crippen LogP contribution in [-0.4, -0.2) is 27.7 Å². The first-order valence-corrected chi connectivity index (χ1v) is 7.01. The summed E-state index contributed by atoms with van der Waals surface area (Å²) in [6, 6.07) is 7.50. The van der Waals surface area contributed by atoms with E-state index in [0.29, 0.717) is 11.6 Å². The minimum atomic E-state index is -0.373. The van der Waals surface area contributed by atoms with Gasteiger partial charge in [-0.1, -0.05) is 0 Å². The maximum Gasteiger partial charge on any atom is 0.308 e. The summed E-state index contributed by atoms with van der Waals surface area (Å²) in [6.45, 7) is 3.22. The number of carbonyl (C=O) groups excluding carboxylic acids is 1. The lowest BCUT2D eigenvalue weighted by atomic mass is 10.2.